The SMILES string of the molecule is Cc1oc(-c2ccco2)nc1Cn1cnc2c(cnn2C)c1=O. The first-order valence-electron chi connectivity index (χ1n) is 7.01. The number of rotatable bonds is 3. The molecule has 0 saturated heterocycles. The molecule has 4 aromatic heterocycles. The van der Waals surface area contributed by atoms with Crippen LogP contribution in [0.25, 0.3) is 22.7 Å². The molecule has 4 rings (SSSR count). The molecule has 4 heterocycles. The van der Waals surface area contributed by atoms with Crippen molar-refractivity contribution in [1.82, 2.24) is 24.3 Å². The molecule has 4 aromatic rings. The van der Waals surface area contributed by atoms with Gasteiger partial charge in [-0.3, -0.25) is 14.0 Å². The Balaban J connectivity index is 1.74. The third-order valence-electron chi connectivity index (χ3n) is 3.66. The van der Waals surface area contributed by atoms with Crippen LogP contribution in [0.1, 0.15) is 11.5 Å². The lowest BCUT2D eigenvalue weighted by Crippen LogP contribution is -2.21. The van der Waals surface area contributed by atoms with Crippen LogP contribution in [0.2, 0.25) is 0 Å². The average Bonchev–Trinajstić information content (AvgIpc) is 3.24. The second kappa shape index (κ2) is 4.94. The molecule has 0 atom stereocenters. The molecule has 8 nitrogen and oxygen atoms in total. The van der Waals surface area contributed by atoms with E-state index in [2.05, 4.69) is 15.1 Å². The average molecular weight is 311 g/mol. The fourth-order valence-electron chi connectivity index (χ4n) is 2.42. The number of oxazole rings is 1. The van der Waals surface area contributed by atoms with E-state index in [4.69, 9.17) is 8.83 Å². The summed E-state index contributed by atoms with van der Waals surface area (Å²) < 4.78 is 13.9. The van der Waals surface area contributed by atoms with E-state index in [1.165, 1.54) is 17.1 Å². The first kappa shape index (κ1) is 13.5. The van der Waals surface area contributed by atoms with E-state index in [9.17, 15) is 4.79 Å². The third-order valence-corrected chi connectivity index (χ3v) is 3.66. The summed E-state index contributed by atoms with van der Waals surface area (Å²) in [4.78, 5) is 21.2. The highest BCUT2D eigenvalue weighted by Gasteiger charge is 2.15. The minimum atomic E-state index is -0.162. The lowest BCUT2D eigenvalue weighted by atomic mass is 10.3. The van der Waals surface area contributed by atoms with Gasteiger partial charge in [-0.05, 0) is 19.1 Å². The van der Waals surface area contributed by atoms with Crippen molar-refractivity contribution in [3.8, 4) is 11.7 Å². The van der Waals surface area contributed by atoms with Crippen molar-refractivity contribution in [1.29, 1.82) is 0 Å². The molecule has 0 bridgehead atoms. The number of hydrogen-bond acceptors (Lipinski definition) is 6. The Labute approximate surface area is 130 Å². The fourth-order valence-corrected chi connectivity index (χ4v) is 2.42. The van der Waals surface area contributed by atoms with Crippen molar-refractivity contribution in [3.05, 3.63) is 52.7 Å². The number of hydrogen-bond donors (Lipinski definition) is 0. The third kappa shape index (κ3) is 2.15. The number of furan rings is 1. The molecule has 0 N–H and O–H groups in total. The summed E-state index contributed by atoms with van der Waals surface area (Å²) in [5.74, 6) is 1.58. The topological polar surface area (TPSA) is 91.9 Å². The predicted molar refractivity (Wildman–Crippen MR) is 80.8 cm³/mol. The van der Waals surface area contributed by atoms with Crippen LogP contribution in [-0.2, 0) is 13.6 Å². The van der Waals surface area contributed by atoms with Crippen LogP contribution in [0.4, 0.5) is 0 Å². The first-order chi connectivity index (χ1) is 11.1. The predicted octanol–water partition coefficient (Wildman–Crippen LogP) is 1.73. The van der Waals surface area contributed by atoms with Gasteiger partial charge < -0.3 is 8.83 Å². The summed E-state index contributed by atoms with van der Waals surface area (Å²) in [5.41, 5.74) is 1.05. The summed E-state index contributed by atoms with van der Waals surface area (Å²) in [6, 6.07) is 3.53. The Morgan fingerprint density at radius 1 is 1.35 bits per heavy atom. The molecular weight excluding hydrogens is 298 g/mol. The summed E-state index contributed by atoms with van der Waals surface area (Å²) in [6.07, 6.45) is 4.57. The molecule has 0 fully saturated rings. The number of nitrogens with zero attached hydrogens (tertiary/aromatic N) is 5. The van der Waals surface area contributed by atoms with E-state index in [0.29, 0.717) is 34.1 Å². The van der Waals surface area contributed by atoms with E-state index < -0.39 is 0 Å². The Kier molecular flexibility index (Phi) is 2.90. The summed E-state index contributed by atoms with van der Waals surface area (Å²) in [6.45, 7) is 2.07. The Morgan fingerprint density at radius 2 is 2.22 bits per heavy atom. The maximum Gasteiger partial charge on any atom is 0.264 e. The minimum absolute atomic E-state index is 0.162. The second-order valence-electron chi connectivity index (χ2n) is 5.18. The van der Waals surface area contributed by atoms with Crippen LogP contribution in [-0.4, -0.2) is 24.3 Å². The van der Waals surface area contributed by atoms with Gasteiger partial charge in [-0.1, -0.05) is 0 Å². The summed E-state index contributed by atoms with van der Waals surface area (Å²) in [7, 11) is 1.75. The molecule has 0 aliphatic rings. The monoisotopic (exact) mass is 311 g/mol. The van der Waals surface area contributed by atoms with Crippen LogP contribution >= 0.6 is 0 Å². The molecule has 0 unspecified atom stereocenters. The Morgan fingerprint density at radius 3 is 3.00 bits per heavy atom. The van der Waals surface area contributed by atoms with E-state index in [1.54, 1.807) is 37.0 Å². The molecule has 0 aromatic carbocycles. The van der Waals surface area contributed by atoms with Gasteiger partial charge in [-0.2, -0.15) is 5.10 Å². The van der Waals surface area contributed by atoms with Crippen LogP contribution in [0.3, 0.4) is 0 Å². The summed E-state index contributed by atoms with van der Waals surface area (Å²) >= 11 is 0. The lowest BCUT2D eigenvalue weighted by Gasteiger charge is -2.03. The molecule has 0 radical (unpaired) electrons. The maximum atomic E-state index is 12.5. The second-order valence-corrected chi connectivity index (χ2v) is 5.18. The van der Waals surface area contributed by atoms with E-state index in [1.807, 2.05) is 0 Å². The number of fused-ring (bicyclic) bond motifs is 1. The molecular formula is C15H13N5O3. The maximum absolute atomic E-state index is 12.5. The van der Waals surface area contributed by atoms with Gasteiger partial charge >= 0.3 is 0 Å². The van der Waals surface area contributed by atoms with E-state index in [0.717, 1.165) is 0 Å². The van der Waals surface area contributed by atoms with Crippen LogP contribution in [0, 0.1) is 6.92 Å². The van der Waals surface area contributed by atoms with Gasteiger partial charge in [0.1, 0.15) is 23.2 Å². The number of aromatic nitrogens is 5. The molecule has 23 heavy (non-hydrogen) atoms. The molecule has 0 aliphatic heterocycles. The van der Waals surface area contributed by atoms with E-state index in [-0.39, 0.29) is 12.1 Å². The highest BCUT2D eigenvalue weighted by Crippen LogP contribution is 2.22. The van der Waals surface area contributed by atoms with Gasteiger partial charge in [-0.25, -0.2) is 9.97 Å². The molecule has 116 valence electrons. The van der Waals surface area contributed by atoms with Gasteiger partial charge in [0.2, 0.25) is 0 Å². The molecule has 0 spiro atoms. The Bertz CT molecular complexity index is 1040. The number of aryl methyl sites for hydroxylation is 2. The van der Waals surface area contributed by atoms with Crippen molar-refractivity contribution in [3.63, 3.8) is 0 Å². The zero-order valence-electron chi connectivity index (χ0n) is 12.6. The highest BCUT2D eigenvalue weighted by molar-refractivity contribution is 5.72. The first-order valence-corrected chi connectivity index (χ1v) is 7.01. The van der Waals surface area contributed by atoms with Crippen molar-refractivity contribution >= 4 is 11.0 Å². The molecule has 8 heteroatoms. The van der Waals surface area contributed by atoms with Gasteiger partial charge in [0.25, 0.3) is 11.4 Å². The molecule has 0 saturated carbocycles. The van der Waals surface area contributed by atoms with Crippen molar-refractivity contribution in [2.24, 2.45) is 7.05 Å². The zero-order chi connectivity index (χ0) is 16.0. The van der Waals surface area contributed by atoms with Crippen LogP contribution < -0.4 is 5.56 Å². The minimum Gasteiger partial charge on any atom is -0.459 e. The molecule has 0 amide bonds. The van der Waals surface area contributed by atoms with Crippen molar-refractivity contribution in [2.75, 3.05) is 0 Å². The van der Waals surface area contributed by atoms with Crippen LogP contribution in [0.5, 0.6) is 0 Å². The quantitative estimate of drug-likeness (QED) is 0.572. The van der Waals surface area contributed by atoms with Gasteiger partial charge in [0.05, 0.1) is 19.0 Å². The largest absolute Gasteiger partial charge is 0.459 e. The molecule has 0 aliphatic carbocycles. The standard InChI is InChI=1S/C15H13N5O3/c1-9-11(18-14(23-9)12-4-3-5-22-12)7-20-8-16-13-10(15(20)21)6-17-19(13)2/h3-6,8H,7H2,1-2H3. The highest BCUT2D eigenvalue weighted by atomic mass is 16.4. The van der Waals surface area contributed by atoms with Gasteiger partial charge in [-0.15, -0.1) is 0 Å². The van der Waals surface area contributed by atoms with Crippen LogP contribution in [0.15, 0.2) is 44.5 Å². The summed E-state index contributed by atoms with van der Waals surface area (Å²) in [5, 5.41) is 4.53. The smallest absolute Gasteiger partial charge is 0.264 e. The van der Waals surface area contributed by atoms with E-state index >= 15 is 0 Å². The normalized spacial score (nSPS) is 11.4. The van der Waals surface area contributed by atoms with Crippen molar-refractivity contribution in [2.45, 2.75) is 13.5 Å². The van der Waals surface area contributed by atoms with Gasteiger partial charge in [0.15, 0.2) is 11.4 Å². The fraction of sp³-hybridized carbons (Fsp3) is 0.200. The van der Waals surface area contributed by atoms with Gasteiger partial charge in [0, 0.05) is 7.05 Å². The lowest BCUT2D eigenvalue weighted by molar-refractivity contribution is 0.499. The zero-order valence-corrected chi connectivity index (χ0v) is 12.6. The Hall–Kier alpha value is -3.16. The van der Waals surface area contributed by atoms with Crippen molar-refractivity contribution < 1.29 is 8.83 Å².